The minimum Gasteiger partial charge on any atom is -0.462 e. The molecule has 40 heavy (non-hydrogen) atoms. The van der Waals surface area contributed by atoms with E-state index >= 15 is 0 Å². The number of ether oxygens (including phenoxy) is 3. The maximum absolute atomic E-state index is 12.0. The van der Waals surface area contributed by atoms with Gasteiger partial charge < -0.3 is 29.3 Å². The van der Waals surface area contributed by atoms with Gasteiger partial charge >= 0.3 is 18.2 Å². The van der Waals surface area contributed by atoms with E-state index < -0.39 is 18.3 Å². The van der Waals surface area contributed by atoms with Crippen LogP contribution in [0.25, 0.3) is 0 Å². The highest BCUT2D eigenvalue weighted by Crippen LogP contribution is 2.13. The molecular weight excluding hydrogens is 510 g/mol. The topological polar surface area (TPSA) is 103 Å². The van der Waals surface area contributed by atoms with Crippen LogP contribution >= 0.6 is 0 Å². The van der Waals surface area contributed by atoms with Gasteiger partial charge in [-0.05, 0) is 6.42 Å². The molecule has 2 N–H and O–H groups in total. The number of unbranched alkanes of at least 4 members (excludes halogenated alkanes) is 15. The lowest BCUT2D eigenvalue weighted by Gasteiger charge is -2.23. The number of amides is 2. The highest BCUT2D eigenvalue weighted by atomic mass is 16.6. The molecule has 1 atom stereocenters. The first-order chi connectivity index (χ1) is 19.2. The summed E-state index contributed by atoms with van der Waals surface area (Å²) < 4.78 is 16.5. The first-order valence-corrected chi connectivity index (χ1v) is 15.9. The fourth-order valence-electron chi connectivity index (χ4n) is 4.36. The quantitative estimate of drug-likeness (QED) is 0.0516. The largest absolute Gasteiger partial charge is 0.462 e. The van der Waals surface area contributed by atoms with E-state index in [0.29, 0.717) is 13.0 Å². The van der Waals surface area contributed by atoms with Gasteiger partial charge in [-0.3, -0.25) is 4.79 Å². The molecule has 9 heteroatoms. The van der Waals surface area contributed by atoms with Gasteiger partial charge in [-0.2, -0.15) is 0 Å². The van der Waals surface area contributed by atoms with Crippen LogP contribution in [0.1, 0.15) is 122 Å². The molecule has 0 spiro atoms. The normalized spacial score (nSPS) is 12.0. The van der Waals surface area contributed by atoms with Crippen LogP contribution in [0.5, 0.6) is 0 Å². The van der Waals surface area contributed by atoms with Crippen molar-refractivity contribution >= 4 is 18.2 Å². The highest BCUT2D eigenvalue weighted by Gasteiger charge is 2.18. The van der Waals surface area contributed by atoms with Crippen molar-refractivity contribution in [3.05, 3.63) is 0 Å². The molecular formula is C31H62N3O6+. The lowest BCUT2D eigenvalue weighted by Crippen LogP contribution is -2.40. The zero-order valence-electron chi connectivity index (χ0n) is 26.5. The van der Waals surface area contributed by atoms with Crippen LogP contribution < -0.4 is 10.6 Å². The monoisotopic (exact) mass is 572 g/mol. The van der Waals surface area contributed by atoms with Crippen molar-refractivity contribution in [2.24, 2.45) is 0 Å². The molecule has 0 aliphatic heterocycles. The third-order valence-corrected chi connectivity index (χ3v) is 6.82. The summed E-state index contributed by atoms with van der Waals surface area (Å²) in [5.74, 6) is -0.356. The van der Waals surface area contributed by atoms with Crippen LogP contribution in [0.15, 0.2) is 0 Å². The first-order valence-electron chi connectivity index (χ1n) is 15.9. The summed E-state index contributed by atoms with van der Waals surface area (Å²) in [7, 11) is 7.62. The van der Waals surface area contributed by atoms with Crippen LogP contribution in [0.2, 0.25) is 0 Å². The van der Waals surface area contributed by atoms with Gasteiger partial charge in [0.1, 0.15) is 6.61 Å². The molecule has 0 radical (unpaired) electrons. The van der Waals surface area contributed by atoms with E-state index in [9.17, 15) is 14.4 Å². The Morgan fingerprint density at radius 2 is 1.18 bits per heavy atom. The Balaban J connectivity index is 3.79. The Bertz CT molecular complexity index is 639. The van der Waals surface area contributed by atoms with Crippen molar-refractivity contribution in [3.63, 3.8) is 0 Å². The Morgan fingerprint density at radius 3 is 1.65 bits per heavy atom. The Kier molecular flexibility index (Phi) is 24.6. The molecule has 0 aromatic heterocycles. The predicted molar refractivity (Wildman–Crippen MR) is 161 cm³/mol. The van der Waals surface area contributed by atoms with Crippen LogP contribution in [-0.2, 0) is 19.0 Å². The third kappa shape index (κ3) is 27.5. The Hall–Kier alpha value is -2.03. The number of alkyl carbamates (subject to hydrolysis) is 2. The molecule has 0 aromatic carbocycles. The summed E-state index contributed by atoms with van der Waals surface area (Å²) in [6.45, 7) is 3.34. The van der Waals surface area contributed by atoms with E-state index in [2.05, 4.69) is 38.7 Å². The van der Waals surface area contributed by atoms with Crippen molar-refractivity contribution in [1.82, 2.24) is 10.6 Å². The van der Waals surface area contributed by atoms with E-state index in [1.165, 1.54) is 90.5 Å². The molecule has 9 nitrogen and oxygen atoms in total. The molecule has 0 fully saturated rings. The van der Waals surface area contributed by atoms with E-state index in [4.69, 9.17) is 14.2 Å². The number of carbonyl (C=O) groups excluding carboxylic acids is 3. The van der Waals surface area contributed by atoms with Gasteiger partial charge in [0.2, 0.25) is 0 Å². The number of quaternary nitrogens is 1. The molecule has 0 aliphatic carbocycles. The van der Waals surface area contributed by atoms with E-state index in [0.717, 1.165) is 30.3 Å². The molecule has 0 bridgehead atoms. The van der Waals surface area contributed by atoms with Crippen LogP contribution in [0.3, 0.4) is 0 Å². The van der Waals surface area contributed by atoms with Gasteiger partial charge in [-0.15, -0.1) is 0 Å². The van der Waals surface area contributed by atoms with Crippen LogP contribution in [0.4, 0.5) is 9.59 Å². The van der Waals surface area contributed by atoms with Crippen molar-refractivity contribution < 1.29 is 33.1 Å². The van der Waals surface area contributed by atoms with Crippen molar-refractivity contribution in [3.8, 4) is 0 Å². The van der Waals surface area contributed by atoms with Gasteiger partial charge in [0.15, 0.2) is 6.10 Å². The summed E-state index contributed by atoms with van der Waals surface area (Å²) in [6.07, 6.45) is 19.7. The second-order valence-corrected chi connectivity index (χ2v) is 11.9. The number of nitrogens with zero attached hydrogens (tertiary/aromatic N) is 1. The molecule has 236 valence electrons. The SMILES string of the molecule is CCCCCCCCCCCCCCCCCCOC(=O)NCC(COC(=O)CCC[N+](C)(C)C)OC(=O)NC. The molecule has 2 amide bonds. The van der Waals surface area contributed by atoms with E-state index in [1.54, 1.807) is 0 Å². The van der Waals surface area contributed by atoms with Gasteiger partial charge in [-0.1, -0.05) is 103 Å². The highest BCUT2D eigenvalue weighted by molar-refractivity contribution is 5.70. The molecule has 0 aromatic rings. The average Bonchev–Trinajstić information content (AvgIpc) is 2.91. The predicted octanol–water partition coefficient (Wildman–Crippen LogP) is 6.73. The average molecular weight is 573 g/mol. The minimum absolute atomic E-state index is 0.00261. The summed E-state index contributed by atoms with van der Waals surface area (Å²) in [4.78, 5) is 35.7. The zero-order valence-corrected chi connectivity index (χ0v) is 26.5. The number of hydrogen-bond acceptors (Lipinski definition) is 6. The maximum atomic E-state index is 12.0. The summed E-state index contributed by atoms with van der Waals surface area (Å²) >= 11 is 0. The molecule has 0 saturated carbocycles. The van der Waals surface area contributed by atoms with Crippen LogP contribution in [0, 0.1) is 0 Å². The zero-order chi connectivity index (χ0) is 29.9. The maximum Gasteiger partial charge on any atom is 0.407 e. The minimum atomic E-state index is -0.801. The number of carbonyl (C=O) groups is 3. The smallest absolute Gasteiger partial charge is 0.407 e. The molecule has 0 aliphatic rings. The fourth-order valence-corrected chi connectivity index (χ4v) is 4.36. The van der Waals surface area contributed by atoms with Gasteiger partial charge in [0.05, 0.1) is 47.3 Å². The van der Waals surface area contributed by atoms with Crippen molar-refractivity contribution in [2.45, 2.75) is 129 Å². The summed E-state index contributed by atoms with van der Waals surface area (Å²) in [5, 5.41) is 4.95. The van der Waals surface area contributed by atoms with E-state index in [1.807, 2.05) is 0 Å². The van der Waals surface area contributed by atoms with Gasteiger partial charge in [-0.25, -0.2) is 9.59 Å². The van der Waals surface area contributed by atoms with Crippen molar-refractivity contribution in [2.75, 3.05) is 54.5 Å². The molecule has 1 unspecified atom stereocenters. The number of nitrogens with one attached hydrogen (secondary N) is 2. The number of rotatable bonds is 26. The Morgan fingerprint density at radius 1 is 0.675 bits per heavy atom. The third-order valence-electron chi connectivity index (χ3n) is 6.82. The second kappa shape index (κ2) is 25.9. The van der Waals surface area contributed by atoms with Gasteiger partial charge in [0, 0.05) is 13.5 Å². The summed E-state index contributed by atoms with van der Waals surface area (Å²) in [6, 6.07) is 0. The number of esters is 1. The Labute approximate surface area is 245 Å². The summed E-state index contributed by atoms with van der Waals surface area (Å²) in [5.41, 5.74) is 0. The lowest BCUT2D eigenvalue weighted by molar-refractivity contribution is -0.870. The molecule has 0 heterocycles. The molecule has 0 saturated heterocycles. The number of hydrogen-bond donors (Lipinski definition) is 2. The fraction of sp³-hybridized carbons (Fsp3) is 0.903. The second-order valence-electron chi connectivity index (χ2n) is 11.9. The van der Waals surface area contributed by atoms with E-state index in [-0.39, 0.29) is 25.5 Å². The van der Waals surface area contributed by atoms with Crippen molar-refractivity contribution in [1.29, 1.82) is 0 Å². The van der Waals surface area contributed by atoms with Gasteiger partial charge in [0.25, 0.3) is 0 Å². The molecule has 0 rings (SSSR count). The van der Waals surface area contributed by atoms with Crippen LogP contribution in [-0.4, -0.2) is 83.2 Å². The first kappa shape index (κ1) is 38.0. The lowest BCUT2D eigenvalue weighted by atomic mass is 10.0. The standard InChI is InChI=1S/C31H61N3O6/c1-6-7-8-9-10-11-12-13-14-15-16-17-18-19-20-21-25-38-31(37)33-26-28(40-30(36)32-2)27-39-29(35)23-22-24-34(3,4)5/h28H,6-27H2,1-5H3,(H-,32,33,36,37)/p+1.